The third-order valence-electron chi connectivity index (χ3n) is 5.30. The molecule has 0 unspecified atom stereocenters. The van der Waals surface area contributed by atoms with Crippen molar-refractivity contribution in [1.82, 2.24) is 0 Å². The van der Waals surface area contributed by atoms with Crippen LogP contribution in [0.25, 0.3) is 5.57 Å². The molecule has 1 heterocycles. The first-order chi connectivity index (χ1) is 13.3. The van der Waals surface area contributed by atoms with Crippen LogP contribution in [0.3, 0.4) is 0 Å². The first-order valence-electron chi connectivity index (χ1n) is 9.30. The molecule has 0 bridgehead atoms. The third-order valence-corrected chi connectivity index (χ3v) is 5.30. The Morgan fingerprint density at radius 2 is 1.75 bits per heavy atom. The number of nitrogens with zero attached hydrogens (tertiary/aromatic N) is 1. The van der Waals surface area contributed by atoms with Crippen molar-refractivity contribution >= 4 is 23.2 Å². The van der Waals surface area contributed by atoms with Gasteiger partial charge in [-0.25, -0.2) is 4.79 Å². The Kier molecular flexibility index (Phi) is 5.22. The highest BCUT2D eigenvalue weighted by Gasteiger charge is 2.42. The van der Waals surface area contributed by atoms with Crippen LogP contribution in [0, 0.1) is 42.4 Å². The molecule has 0 radical (unpaired) electrons. The molecule has 0 atom stereocenters. The van der Waals surface area contributed by atoms with Gasteiger partial charge in [-0.05, 0) is 69.9 Å². The van der Waals surface area contributed by atoms with Gasteiger partial charge in [-0.3, -0.25) is 10.2 Å². The first-order valence-corrected chi connectivity index (χ1v) is 9.30. The Morgan fingerprint density at radius 1 is 1.18 bits per heavy atom. The number of Topliss-reactive ketones (excluding diaryl/α,β-unsaturated/α-hetero) is 1. The Labute approximate surface area is 163 Å². The standard InChI is InChI=1S/C22H22N2O4/c1-11-8-17(13(3)28-11)12(2)18(22(26)27)20(21(25)16(9-23)10-24)19(14-4-5-14)15-6-7-15/h8,14-15,23H,4-7H2,1-3H3,(H,26,27)/b18-12-. The molecular weight excluding hydrogens is 356 g/mol. The van der Waals surface area contributed by atoms with Crippen LogP contribution in [-0.4, -0.2) is 22.7 Å². The van der Waals surface area contributed by atoms with Crippen LogP contribution in [0.4, 0.5) is 0 Å². The van der Waals surface area contributed by atoms with Gasteiger partial charge in [0.1, 0.15) is 17.6 Å². The number of aryl methyl sites for hydroxylation is 2. The maximum atomic E-state index is 13.2. The second kappa shape index (κ2) is 7.46. The van der Waals surface area contributed by atoms with Crippen LogP contribution < -0.4 is 0 Å². The number of hydrogen-bond acceptors (Lipinski definition) is 5. The lowest BCUT2D eigenvalue weighted by Gasteiger charge is -2.17. The lowest BCUT2D eigenvalue weighted by Crippen LogP contribution is -2.19. The number of carbonyl (C=O) groups is 2. The topological polar surface area (TPSA) is 115 Å². The van der Waals surface area contributed by atoms with Crippen molar-refractivity contribution in [2.24, 2.45) is 11.8 Å². The third kappa shape index (κ3) is 3.62. The summed E-state index contributed by atoms with van der Waals surface area (Å²) in [6, 6.07) is 3.45. The van der Waals surface area contributed by atoms with Crippen LogP contribution in [0.1, 0.15) is 49.7 Å². The van der Waals surface area contributed by atoms with E-state index in [9.17, 15) is 20.0 Å². The maximum Gasteiger partial charge on any atom is 0.336 e. The summed E-state index contributed by atoms with van der Waals surface area (Å²) in [7, 11) is 0. The van der Waals surface area contributed by atoms with Gasteiger partial charge in [-0.15, -0.1) is 0 Å². The number of ketones is 1. The molecule has 2 fully saturated rings. The summed E-state index contributed by atoms with van der Waals surface area (Å²) < 4.78 is 5.55. The van der Waals surface area contributed by atoms with Crippen LogP contribution in [0.15, 0.2) is 32.8 Å². The lowest BCUT2D eigenvalue weighted by molar-refractivity contribution is -0.132. The second-order valence-corrected chi connectivity index (χ2v) is 7.45. The largest absolute Gasteiger partial charge is 0.478 e. The molecule has 6 nitrogen and oxygen atoms in total. The van der Waals surface area contributed by atoms with Gasteiger partial charge in [0, 0.05) is 17.0 Å². The van der Waals surface area contributed by atoms with E-state index in [2.05, 4.69) is 0 Å². The predicted molar refractivity (Wildman–Crippen MR) is 103 cm³/mol. The van der Waals surface area contributed by atoms with Gasteiger partial charge in [0.25, 0.3) is 0 Å². The van der Waals surface area contributed by atoms with E-state index in [1.54, 1.807) is 32.9 Å². The quantitative estimate of drug-likeness (QED) is 0.320. The molecule has 0 aliphatic heterocycles. The SMILES string of the molecule is C/C(=C(/C(=O)O)C(C(=O)C(=C=N)C#N)=C(C1CC1)C1CC1)c1cc(C)oc1C. The molecule has 2 saturated carbocycles. The zero-order valence-corrected chi connectivity index (χ0v) is 16.2. The highest BCUT2D eigenvalue weighted by Crippen LogP contribution is 2.52. The molecular formula is C22H22N2O4. The van der Waals surface area contributed by atoms with Crippen molar-refractivity contribution < 1.29 is 19.1 Å². The summed E-state index contributed by atoms with van der Waals surface area (Å²) in [5, 5.41) is 26.6. The van der Waals surface area contributed by atoms with Crippen LogP contribution in [0.5, 0.6) is 0 Å². The maximum absolute atomic E-state index is 13.2. The average molecular weight is 378 g/mol. The number of nitrogens with one attached hydrogen (secondary N) is 1. The molecule has 1 aromatic rings. The molecule has 0 amide bonds. The average Bonchev–Trinajstić information content (AvgIpc) is 3.55. The Bertz CT molecular complexity index is 1000. The monoisotopic (exact) mass is 378 g/mol. The molecule has 2 N–H and O–H groups in total. The van der Waals surface area contributed by atoms with Crippen molar-refractivity contribution in [2.45, 2.75) is 46.5 Å². The van der Waals surface area contributed by atoms with E-state index >= 15 is 0 Å². The van der Waals surface area contributed by atoms with Crippen LogP contribution in [-0.2, 0) is 9.59 Å². The van der Waals surface area contributed by atoms with Crippen molar-refractivity contribution in [2.75, 3.05) is 0 Å². The van der Waals surface area contributed by atoms with Crippen molar-refractivity contribution in [3.8, 4) is 6.07 Å². The molecule has 0 spiro atoms. The number of rotatable bonds is 7. The van der Waals surface area contributed by atoms with Gasteiger partial charge in [0.05, 0.1) is 5.57 Å². The van der Waals surface area contributed by atoms with E-state index in [0.717, 1.165) is 31.3 Å². The molecule has 28 heavy (non-hydrogen) atoms. The minimum absolute atomic E-state index is 0.0737. The number of aliphatic carboxylic acids is 1. The van der Waals surface area contributed by atoms with E-state index < -0.39 is 17.3 Å². The van der Waals surface area contributed by atoms with Gasteiger partial charge in [-0.2, -0.15) is 5.26 Å². The van der Waals surface area contributed by atoms with E-state index in [0.29, 0.717) is 22.7 Å². The number of carboxylic acid groups (broad SMARTS) is 1. The smallest absolute Gasteiger partial charge is 0.336 e. The van der Waals surface area contributed by atoms with Crippen molar-refractivity contribution in [3.05, 3.63) is 45.4 Å². The molecule has 0 saturated heterocycles. The van der Waals surface area contributed by atoms with Crippen molar-refractivity contribution in [1.29, 1.82) is 10.7 Å². The Balaban J connectivity index is 2.33. The molecule has 2 aliphatic carbocycles. The number of hydrogen-bond donors (Lipinski definition) is 2. The molecule has 1 aromatic heterocycles. The summed E-state index contributed by atoms with van der Waals surface area (Å²) in [5.41, 5.74) is 1.38. The minimum atomic E-state index is -1.22. The molecule has 0 aromatic carbocycles. The fourth-order valence-corrected chi connectivity index (χ4v) is 3.77. The van der Waals surface area contributed by atoms with E-state index in [1.807, 2.05) is 5.87 Å². The van der Waals surface area contributed by atoms with Gasteiger partial charge >= 0.3 is 5.97 Å². The lowest BCUT2D eigenvalue weighted by atomic mass is 9.84. The van der Waals surface area contributed by atoms with E-state index in [1.165, 1.54) is 0 Å². The fourth-order valence-electron chi connectivity index (χ4n) is 3.77. The summed E-state index contributed by atoms with van der Waals surface area (Å²) in [6.07, 6.45) is 3.65. The number of nitriles is 1. The summed E-state index contributed by atoms with van der Waals surface area (Å²) in [4.78, 5) is 25.5. The fraction of sp³-hybridized carbons (Fsp3) is 0.409. The van der Waals surface area contributed by atoms with Crippen LogP contribution in [0.2, 0.25) is 0 Å². The molecule has 6 heteroatoms. The van der Waals surface area contributed by atoms with Gasteiger partial charge in [0.15, 0.2) is 5.57 Å². The van der Waals surface area contributed by atoms with Gasteiger partial charge in [0.2, 0.25) is 5.78 Å². The highest BCUT2D eigenvalue weighted by atomic mass is 16.4. The summed E-state index contributed by atoms with van der Waals surface area (Å²) >= 11 is 0. The van der Waals surface area contributed by atoms with E-state index in [-0.39, 0.29) is 23.0 Å². The minimum Gasteiger partial charge on any atom is -0.478 e. The number of allylic oxidation sites excluding steroid dienone is 3. The first kappa shape index (κ1) is 19.6. The van der Waals surface area contributed by atoms with E-state index in [4.69, 9.17) is 9.83 Å². The molecule has 3 rings (SSSR count). The normalized spacial score (nSPS) is 16.5. The Hall–Kier alpha value is -3.16. The van der Waals surface area contributed by atoms with Crippen molar-refractivity contribution in [3.63, 3.8) is 0 Å². The number of carbonyl (C=O) groups excluding carboxylic acids is 1. The van der Waals surface area contributed by atoms with Gasteiger partial charge < -0.3 is 9.52 Å². The zero-order chi connectivity index (χ0) is 20.6. The predicted octanol–water partition coefficient (Wildman–Crippen LogP) is 4.14. The zero-order valence-electron chi connectivity index (χ0n) is 16.2. The van der Waals surface area contributed by atoms with Gasteiger partial charge in [-0.1, -0.05) is 5.57 Å². The number of carboxylic acids is 1. The second-order valence-electron chi connectivity index (χ2n) is 7.45. The summed E-state index contributed by atoms with van der Waals surface area (Å²) in [6.45, 7) is 5.18. The summed E-state index contributed by atoms with van der Waals surface area (Å²) in [5.74, 6) is 1.50. The number of furan rings is 1. The molecule has 2 aliphatic rings. The Morgan fingerprint density at radius 3 is 2.11 bits per heavy atom. The highest BCUT2D eigenvalue weighted by molar-refractivity contribution is 6.24. The molecule has 144 valence electrons. The van der Waals surface area contributed by atoms with Crippen LogP contribution >= 0.6 is 0 Å².